The fourth-order valence-corrected chi connectivity index (χ4v) is 3.04. The van der Waals surface area contributed by atoms with Gasteiger partial charge in [0.1, 0.15) is 0 Å². The van der Waals surface area contributed by atoms with E-state index in [0.29, 0.717) is 36.9 Å². The van der Waals surface area contributed by atoms with E-state index in [2.05, 4.69) is 10.1 Å². The molecule has 1 saturated carbocycles. The third-order valence-electron chi connectivity index (χ3n) is 4.39. The monoisotopic (exact) mass is 301 g/mol. The molecule has 0 bridgehead atoms. The molecule has 116 valence electrons. The van der Waals surface area contributed by atoms with Crippen molar-refractivity contribution in [3.63, 3.8) is 0 Å². The number of aromatic nitrogens is 2. The molecule has 22 heavy (non-hydrogen) atoms. The molecule has 2 aromatic rings. The molecule has 6 nitrogen and oxygen atoms in total. The van der Waals surface area contributed by atoms with Gasteiger partial charge in [0.15, 0.2) is 0 Å². The number of aryl methyl sites for hydroxylation is 1. The lowest BCUT2D eigenvalue weighted by Gasteiger charge is -2.31. The summed E-state index contributed by atoms with van der Waals surface area (Å²) < 4.78 is 10.8. The van der Waals surface area contributed by atoms with Crippen LogP contribution < -0.4 is 0 Å². The second-order valence-corrected chi connectivity index (χ2v) is 6.25. The predicted molar refractivity (Wildman–Crippen MR) is 79.8 cm³/mol. The zero-order chi connectivity index (χ0) is 15.3. The fourth-order valence-electron chi connectivity index (χ4n) is 3.04. The minimum Gasteiger partial charge on any atom is -0.375 e. The van der Waals surface area contributed by atoms with Crippen molar-refractivity contribution in [3.8, 4) is 0 Å². The summed E-state index contributed by atoms with van der Waals surface area (Å²) in [5.41, 5.74) is 2.81. The number of amides is 1. The topological polar surface area (TPSA) is 68.5 Å². The molecule has 0 spiro atoms. The zero-order valence-corrected chi connectivity index (χ0v) is 12.8. The molecule has 2 aliphatic rings. The fraction of sp³-hybridized carbons (Fsp3) is 0.562. The van der Waals surface area contributed by atoms with E-state index >= 15 is 0 Å². The number of hydrogen-bond acceptors (Lipinski definition) is 5. The molecular formula is C16H19N3O3. The number of ether oxygens (including phenoxy) is 1. The van der Waals surface area contributed by atoms with Gasteiger partial charge in [-0.05, 0) is 32.8 Å². The van der Waals surface area contributed by atoms with Crippen molar-refractivity contribution in [1.29, 1.82) is 0 Å². The second kappa shape index (κ2) is 5.05. The number of carbonyl (C=O) groups is 1. The maximum absolute atomic E-state index is 13.0. The Labute approximate surface area is 128 Å². The van der Waals surface area contributed by atoms with Crippen LogP contribution in [0.5, 0.6) is 0 Å². The van der Waals surface area contributed by atoms with Crippen molar-refractivity contribution in [1.82, 2.24) is 15.0 Å². The molecule has 0 aromatic carbocycles. The quantitative estimate of drug-likeness (QED) is 0.851. The summed E-state index contributed by atoms with van der Waals surface area (Å²) in [6.45, 7) is 5.66. The molecule has 4 rings (SSSR count). The van der Waals surface area contributed by atoms with E-state index in [1.54, 1.807) is 0 Å². The van der Waals surface area contributed by atoms with Crippen LogP contribution in [0.15, 0.2) is 10.6 Å². The van der Waals surface area contributed by atoms with Gasteiger partial charge in [-0.2, -0.15) is 0 Å². The van der Waals surface area contributed by atoms with Gasteiger partial charge in [-0.25, -0.2) is 4.98 Å². The molecule has 3 heterocycles. The zero-order valence-electron chi connectivity index (χ0n) is 12.8. The van der Waals surface area contributed by atoms with Crippen LogP contribution in [0.2, 0.25) is 0 Å². The van der Waals surface area contributed by atoms with Crippen LogP contribution >= 0.6 is 0 Å². The van der Waals surface area contributed by atoms with E-state index in [1.807, 2.05) is 24.8 Å². The van der Waals surface area contributed by atoms with Crippen molar-refractivity contribution < 1.29 is 14.1 Å². The summed E-state index contributed by atoms with van der Waals surface area (Å²) in [5.74, 6) is 0.487. The molecule has 0 radical (unpaired) electrons. The van der Waals surface area contributed by atoms with E-state index in [-0.39, 0.29) is 12.0 Å². The number of hydrogen-bond donors (Lipinski definition) is 0. The number of nitrogens with zero attached hydrogens (tertiary/aromatic N) is 3. The van der Waals surface area contributed by atoms with E-state index in [0.717, 1.165) is 29.6 Å². The lowest BCUT2D eigenvalue weighted by molar-refractivity contribution is -0.0123. The van der Waals surface area contributed by atoms with Crippen LogP contribution in [0, 0.1) is 6.92 Å². The maximum Gasteiger partial charge on any atom is 0.259 e. The minimum atomic E-state index is 0.0238. The number of carbonyl (C=O) groups excluding carboxylic acids is 1. The third-order valence-corrected chi connectivity index (χ3v) is 4.39. The Balaban J connectivity index is 1.78. The van der Waals surface area contributed by atoms with Gasteiger partial charge in [-0.1, -0.05) is 5.16 Å². The Morgan fingerprint density at radius 3 is 2.95 bits per heavy atom. The van der Waals surface area contributed by atoms with Gasteiger partial charge < -0.3 is 14.2 Å². The summed E-state index contributed by atoms with van der Waals surface area (Å²) in [5, 5.41) is 4.73. The molecule has 0 unspecified atom stereocenters. The molecular weight excluding hydrogens is 282 g/mol. The highest BCUT2D eigenvalue weighted by molar-refractivity contribution is 6.06. The summed E-state index contributed by atoms with van der Waals surface area (Å²) in [4.78, 5) is 19.4. The Morgan fingerprint density at radius 1 is 1.41 bits per heavy atom. The third kappa shape index (κ3) is 2.27. The van der Waals surface area contributed by atoms with E-state index in [1.165, 1.54) is 0 Å². The van der Waals surface area contributed by atoms with Gasteiger partial charge in [0.25, 0.3) is 11.6 Å². The van der Waals surface area contributed by atoms with Crippen molar-refractivity contribution in [2.45, 2.75) is 38.7 Å². The van der Waals surface area contributed by atoms with E-state index in [4.69, 9.17) is 9.26 Å². The van der Waals surface area contributed by atoms with E-state index in [9.17, 15) is 4.79 Å². The van der Waals surface area contributed by atoms with Gasteiger partial charge in [0.2, 0.25) is 0 Å². The van der Waals surface area contributed by atoms with Crippen LogP contribution in [0.25, 0.3) is 11.1 Å². The van der Waals surface area contributed by atoms with Gasteiger partial charge in [0.05, 0.1) is 29.4 Å². The van der Waals surface area contributed by atoms with Gasteiger partial charge in [0, 0.05) is 24.7 Å². The second-order valence-electron chi connectivity index (χ2n) is 6.25. The van der Waals surface area contributed by atoms with Gasteiger partial charge >= 0.3 is 0 Å². The molecule has 2 aromatic heterocycles. The van der Waals surface area contributed by atoms with Gasteiger partial charge in [-0.15, -0.1) is 0 Å². The normalized spacial score (nSPS) is 22.3. The first kappa shape index (κ1) is 13.7. The SMILES string of the molecule is Cc1noc2nc(C3CC3)cc(C(=O)N3CCO[C@H](C)C3)c12. The minimum absolute atomic E-state index is 0.0238. The highest BCUT2D eigenvalue weighted by Gasteiger charge is 2.30. The Bertz CT molecular complexity index is 736. The standard InChI is InChI=1S/C16H19N3O3/c1-9-8-19(5-6-21-9)16(20)12-7-13(11-3-4-11)17-15-14(12)10(2)18-22-15/h7,9,11H,3-6,8H2,1-2H3/t9-/m1/s1. The molecule has 6 heteroatoms. The molecule has 1 aliphatic heterocycles. The molecule has 0 N–H and O–H groups in total. The summed E-state index contributed by atoms with van der Waals surface area (Å²) in [6.07, 6.45) is 2.34. The van der Waals surface area contributed by atoms with Crippen molar-refractivity contribution >= 4 is 17.0 Å². The molecule has 1 aliphatic carbocycles. The van der Waals surface area contributed by atoms with Gasteiger partial charge in [-0.3, -0.25) is 4.79 Å². The predicted octanol–water partition coefficient (Wildman–Crippen LogP) is 2.27. The average molecular weight is 301 g/mol. The van der Waals surface area contributed by atoms with Crippen LogP contribution in [-0.2, 0) is 4.74 Å². The van der Waals surface area contributed by atoms with E-state index < -0.39 is 0 Å². The van der Waals surface area contributed by atoms with Crippen LogP contribution in [0.3, 0.4) is 0 Å². The maximum atomic E-state index is 13.0. The number of fused-ring (bicyclic) bond motifs is 1. The number of rotatable bonds is 2. The summed E-state index contributed by atoms with van der Waals surface area (Å²) >= 11 is 0. The summed E-state index contributed by atoms with van der Waals surface area (Å²) in [6, 6.07) is 1.94. The first-order valence-electron chi connectivity index (χ1n) is 7.81. The van der Waals surface area contributed by atoms with Crippen LogP contribution in [-0.4, -0.2) is 46.7 Å². The van der Waals surface area contributed by atoms with Crippen LogP contribution in [0.1, 0.15) is 47.4 Å². The Hall–Kier alpha value is -1.95. The number of morpholine rings is 1. The molecule has 2 fully saturated rings. The van der Waals surface area contributed by atoms with Crippen molar-refractivity contribution in [2.75, 3.05) is 19.7 Å². The highest BCUT2D eigenvalue weighted by atomic mass is 16.5. The smallest absolute Gasteiger partial charge is 0.259 e. The molecule has 1 amide bonds. The largest absolute Gasteiger partial charge is 0.375 e. The Kier molecular flexibility index (Phi) is 3.14. The van der Waals surface area contributed by atoms with Crippen molar-refractivity contribution in [3.05, 3.63) is 23.0 Å². The lowest BCUT2D eigenvalue weighted by Crippen LogP contribution is -2.44. The lowest BCUT2D eigenvalue weighted by atomic mass is 10.1. The van der Waals surface area contributed by atoms with Crippen molar-refractivity contribution in [2.24, 2.45) is 0 Å². The number of pyridine rings is 1. The Morgan fingerprint density at radius 2 is 2.23 bits per heavy atom. The first-order valence-corrected chi connectivity index (χ1v) is 7.81. The molecule has 1 saturated heterocycles. The first-order chi connectivity index (χ1) is 10.6. The highest BCUT2D eigenvalue weighted by Crippen LogP contribution is 2.40. The molecule has 1 atom stereocenters. The summed E-state index contributed by atoms with van der Waals surface area (Å²) in [7, 11) is 0. The average Bonchev–Trinajstić information content (AvgIpc) is 3.30. The van der Waals surface area contributed by atoms with Crippen LogP contribution in [0.4, 0.5) is 0 Å².